The van der Waals surface area contributed by atoms with Crippen LogP contribution in [-0.4, -0.2) is 4.57 Å². The van der Waals surface area contributed by atoms with E-state index in [2.05, 4.69) is 0 Å². The van der Waals surface area contributed by atoms with Gasteiger partial charge in [0.1, 0.15) is 5.82 Å². The van der Waals surface area contributed by atoms with E-state index < -0.39 is 0 Å². The first-order valence-electron chi connectivity index (χ1n) is 5.33. The zero-order valence-corrected chi connectivity index (χ0v) is 9.27. The normalized spacial score (nSPS) is 10.5. The van der Waals surface area contributed by atoms with Crippen molar-refractivity contribution in [3.63, 3.8) is 0 Å². The maximum Gasteiger partial charge on any atom is 0.255 e. The van der Waals surface area contributed by atoms with Crippen molar-refractivity contribution >= 4 is 0 Å². The summed E-state index contributed by atoms with van der Waals surface area (Å²) < 4.78 is 14.5. The van der Waals surface area contributed by atoms with Crippen molar-refractivity contribution in [2.45, 2.75) is 13.1 Å². The molecule has 0 saturated carbocycles. The van der Waals surface area contributed by atoms with Crippen LogP contribution in [0.25, 0.3) is 0 Å². The molecule has 2 aromatic rings. The molecule has 0 amide bonds. The summed E-state index contributed by atoms with van der Waals surface area (Å²) in [4.78, 5) is 11.9. The molecular formula is C13H13FN2O. The van der Waals surface area contributed by atoms with E-state index in [0.29, 0.717) is 12.1 Å². The lowest BCUT2D eigenvalue weighted by Gasteiger charge is -2.07. The van der Waals surface area contributed by atoms with E-state index in [0.717, 1.165) is 5.56 Å². The minimum atomic E-state index is -0.300. The molecule has 0 spiro atoms. The minimum Gasteiger partial charge on any atom is -0.326 e. The highest BCUT2D eigenvalue weighted by atomic mass is 19.1. The topological polar surface area (TPSA) is 48.0 Å². The molecule has 4 heteroatoms. The molecule has 0 aliphatic carbocycles. The third kappa shape index (κ3) is 2.60. The number of nitrogens with two attached hydrogens (primary N) is 1. The monoisotopic (exact) mass is 232 g/mol. The molecule has 2 N–H and O–H groups in total. The molecule has 1 aromatic heterocycles. The Kier molecular flexibility index (Phi) is 3.35. The lowest BCUT2D eigenvalue weighted by atomic mass is 10.2. The number of aromatic nitrogens is 1. The van der Waals surface area contributed by atoms with Gasteiger partial charge in [0, 0.05) is 18.3 Å². The fraction of sp³-hybridized carbons (Fsp3) is 0.154. The Morgan fingerprint density at radius 3 is 2.76 bits per heavy atom. The van der Waals surface area contributed by atoms with Crippen LogP contribution in [-0.2, 0) is 13.1 Å². The van der Waals surface area contributed by atoms with E-state index >= 15 is 0 Å². The molecule has 0 atom stereocenters. The standard InChI is InChI=1S/C13H13FN2O/c14-12-5-1-3-10(7-12)9-16-6-2-4-11(8-15)13(16)17/h1-7H,8-9,15H2. The van der Waals surface area contributed by atoms with E-state index in [9.17, 15) is 9.18 Å². The van der Waals surface area contributed by atoms with Gasteiger partial charge in [-0.05, 0) is 23.8 Å². The summed E-state index contributed by atoms with van der Waals surface area (Å²) in [6.07, 6.45) is 1.67. The predicted molar refractivity (Wildman–Crippen MR) is 64.1 cm³/mol. The quantitative estimate of drug-likeness (QED) is 0.871. The van der Waals surface area contributed by atoms with Crippen LogP contribution < -0.4 is 11.3 Å². The van der Waals surface area contributed by atoms with Gasteiger partial charge in [-0.1, -0.05) is 18.2 Å². The number of hydrogen-bond donors (Lipinski definition) is 1. The lowest BCUT2D eigenvalue weighted by molar-refractivity contribution is 0.622. The zero-order valence-electron chi connectivity index (χ0n) is 9.27. The number of benzene rings is 1. The van der Waals surface area contributed by atoms with Gasteiger partial charge < -0.3 is 10.3 Å². The molecule has 0 bridgehead atoms. The van der Waals surface area contributed by atoms with Crippen molar-refractivity contribution in [3.05, 3.63) is 69.9 Å². The van der Waals surface area contributed by atoms with Crippen molar-refractivity contribution < 1.29 is 4.39 Å². The summed E-state index contributed by atoms with van der Waals surface area (Å²) >= 11 is 0. The Hall–Kier alpha value is -1.94. The molecule has 3 nitrogen and oxygen atoms in total. The minimum absolute atomic E-state index is 0.126. The molecule has 0 fully saturated rings. The van der Waals surface area contributed by atoms with Gasteiger partial charge in [0.05, 0.1) is 6.54 Å². The molecule has 88 valence electrons. The van der Waals surface area contributed by atoms with Gasteiger partial charge >= 0.3 is 0 Å². The SMILES string of the molecule is NCc1cccn(Cc2cccc(F)c2)c1=O. The second-order valence-corrected chi connectivity index (χ2v) is 3.80. The molecule has 0 radical (unpaired) electrons. The Morgan fingerprint density at radius 2 is 2.06 bits per heavy atom. The average molecular weight is 232 g/mol. The van der Waals surface area contributed by atoms with Gasteiger partial charge in [-0.25, -0.2) is 4.39 Å². The van der Waals surface area contributed by atoms with Crippen LogP contribution in [0.4, 0.5) is 4.39 Å². The highest BCUT2D eigenvalue weighted by Gasteiger charge is 2.02. The third-order valence-corrected chi connectivity index (χ3v) is 2.56. The summed E-state index contributed by atoms with van der Waals surface area (Å²) in [5.41, 5.74) is 6.65. The van der Waals surface area contributed by atoms with Crippen LogP contribution in [0, 0.1) is 5.82 Å². The second-order valence-electron chi connectivity index (χ2n) is 3.80. The van der Waals surface area contributed by atoms with Crippen molar-refractivity contribution in [1.82, 2.24) is 4.57 Å². The fourth-order valence-corrected chi connectivity index (χ4v) is 1.70. The van der Waals surface area contributed by atoms with Gasteiger partial charge in [0.15, 0.2) is 0 Å². The maximum absolute atomic E-state index is 13.0. The molecule has 1 aromatic carbocycles. The van der Waals surface area contributed by atoms with Crippen LogP contribution in [0.5, 0.6) is 0 Å². The van der Waals surface area contributed by atoms with E-state index in [4.69, 9.17) is 5.73 Å². The van der Waals surface area contributed by atoms with Crippen LogP contribution in [0.1, 0.15) is 11.1 Å². The summed E-state index contributed by atoms with van der Waals surface area (Å²) in [6.45, 7) is 0.563. The number of halogens is 1. The van der Waals surface area contributed by atoms with Crippen molar-refractivity contribution in [2.75, 3.05) is 0 Å². The van der Waals surface area contributed by atoms with Gasteiger partial charge in [0.25, 0.3) is 5.56 Å². The molecule has 17 heavy (non-hydrogen) atoms. The van der Waals surface area contributed by atoms with E-state index in [1.54, 1.807) is 30.5 Å². The van der Waals surface area contributed by atoms with Crippen molar-refractivity contribution in [1.29, 1.82) is 0 Å². The molecule has 0 aliphatic rings. The Labute approximate surface area is 98.3 Å². The van der Waals surface area contributed by atoms with Crippen LogP contribution >= 0.6 is 0 Å². The fourth-order valence-electron chi connectivity index (χ4n) is 1.70. The third-order valence-electron chi connectivity index (χ3n) is 2.56. The van der Waals surface area contributed by atoms with Crippen molar-refractivity contribution in [2.24, 2.45) is 5.73 Å². The van der Waals surface area contributed by atoms with E-state index in [-0.39, 0.29) is 17.9 Å². The van der Waals surface area contributed by atoms with Gasteiger partial charge in [0.2, 0.25) is 0 Å². The van der Waals surface area contributed by atoms with Gasteiger partial charge in [-0.15, -0.1) is 0 Å². The first kappa shape index (κ1) is 11.5. The largest absolute Gasteiger partial charge is 0.326 e. The van der Waals surface area contributed by atoms with E-state index in [1.165, 1.54) is 16.7 Å². The van der Waals surface area contributed by atoms with Crippen LogP contribution in [0.2, 0.25) is 0 Å². The van der Waals surface area contributed by atoms with Crippen LogP contribution in [0.3, 0.4) is 0 Å². The Morgan fingerprint density at radius 1 is 1.24 bits per heavy atom. The predicted octanol–water partition coefficient (Wildman–Crippen LogP) is 1.49. The summed E-state index contributed by atoms with van der Waals surface area (Å²) in [5.74, 6) is -0.300. The van der Waals surface area contributed by atoms with Crippen molar-refractivity contribution in [3.8, 4) is 0 Å². The molecule has 0 saturated heterocycles. The summed E-state index contributed by atoms with van der Waals surface area (Å²) in [5, 5.41) is 0. The number of pyridine rings is 1. The molecule has 1 heterocycles. The highest BCUT2D eigenvalue weighted by Crippen LogP contribution is 2.05. The molecule has 0 unspecified atom stereocenters. The summed E-state index contributed by atoms with van der Waals surface area (Å²) in [7, 11) is 0. The zero-order chi connectivity index (χ0) is 12.3. The second kappa shape index (κ2) is 4.93. The van der Waals surface area contributed by atoms with E-state index in [1.807, 2.05) is 0 Å². The highest BCUT2D eigenvalue weighted by molar-refractivity contribution is 5.18. The molecule has 2 rings (SSSR count). The number of rotatable bonds is 3. The summed E-state index contributed by atoms with van der Waals surface area (Å²) in [6, 6.07) is 9.67. The lowest BCUT2D eigenvalue weighted by Crippen LogP contribution is -2.24. The Balaban J connectivity index is 2.34. The average Bonchev–Trinajstić information content (AvgIpc) is 2.32. The smallest absolute Gasteiger partial charge is 0.255 e. The maximum atomic E-state index is 13.0. The Bertz CT molecular complexity index is 578. The van der Waals surface area contributed by atoms with Crippen LogP contribution in [0.15, 0.2) is 47.4 Å². The number of hydrogen-bond acceptors (Lipinski definition) is 2. The molecule has 0 aliphatic heterocycles. The first-order chi connectivity index (χ1) is 8.20. The first-order valence-corrected chi connectivity index (χ1v) is 5.33. The number of nitrogens with zero attached hydrogens (tertiary/aromatic N) is 1. The van der Waals surface area contributed by atoms with Gasteiger partial charge in [-0.2, -0.15) is 0 Å². The molecular weight excluding hydrogens is 219 g/mol. The van der Waals surface area contributed by atoms with Gasteiger partial charge in [-0.3, -0.25) is 4.79 Å².